The molecule has 0 fully saturated rings. The van der Waals surface area contributed by atoms with Gasteiger partial charge >= 0.3 is 0 Å². The summed E-state index contributed by atoms with van der Waals surface area (Å²) in [5.41, 5.74) is 9.09. The van der Waals surface area contributed by atoms with E-state index < -0.39 is 0 Å². The third-order valence-electron chi connectivity index (χ3n) is 3.24. The van der Waals surface area contributed by atoms with Crippen LogP contribution >= 0.6 is 0 Å². The van der Waals surface area contributed by atoms with E-state index >= 15 is 0 Å². The first-order chi connectivity index (χ1) is 9.15. The van der Waals surface area contributed by atoms with Crippen LogP contribution in [0.2, 0.25) is 0 Å². The summed E-state index contributed by atoms with van der Waals surface area (Å²) in [6.45, 7) is 2.00. The molecule has 100 valence electrons. The van der Waals surface area contributed by atoms with E-state index in [1.54, 1.807) is 13.3 Å². The summed E-state index contributed by atoms with van der Waals surface area (Å²) in [7, 11) is 1.65. The molecule has 1 aromatic heterocycles. The largest absolute Gasteiger partial charge is 0.497 e. The van der Waals surface area contributed by atoms with Crippen LogP contribution in [-0.2, 0) is 12.8 Å². The zero-order chi connectivity index (χ0) is 13.8. The van der Waals surface area contributed by atoms with Crippen molar-refractivity contribution in [1.82, 2.24) is 4.98 Å². The summed E-state index contributed by atoms with van der Waals surface area (Å²) in [6, 6.07) is 7.88. The van der Waals surface area contributed by atoms with Crippen molar-refractivity contribution >= 4 is 5.69 Å². The van der Waals surface area contributed by atoms with Crippen LogP contribution in [0.15, 0.2) is 35.3 Å². The van der Waals surface area contributed by atoms with E-state index in [-0.39, 0.29) is 5.56 Å². The van der Waals surface area contributed by atoms with E-state index in [4.69, 9.17) is 10.5 Å². The number of ether oxygens (including phenoxy) is 1. The molecule has 0 amide bonds. The highest BCUT2D eigenvalue weighted by Gasteiger charge is 2.08. The molecule has 0 aliphatic rings. The van der Waals surface area contributed by atoms with Gasteiger partial charge in [-0.3, -0.25) is 4.79 Å². The van der Waals surface area contributed by atoms with Crippen molar-refractivity contribution in [1.29, 1.82) is 0 Å². The lowest BCUT2D eigenvalue weighted by molar-refractivity contribution is 0.414. The second-order valence-corrected chi connectivity index (χ2v) is 4.41. The number of aromatic amines is 1. The molecular formula is C15H18N2O2. The van der Waals surface area contributed by atoms with Crippen molar-refractivity contribution in [3.05, 3.63) is 57.5 Å². The van der Waals surface area contributed by atoms with Crippen LogP contribution in [0.4, 0.5) is 5.69 Å². The Balaban J connectivity index is 2.32. The van der Waals surface area contributed by atoms with E-state index in [1.807, 2.05) is 31.2 Å². The molecule has 19 heavy (non-hydrogen) atoms. The lowest BCUT2D eigenvalue weighted by Crippen LogP contribution is -2.16. The maximum Gasteiger partial charge on any atom is 0.271 e. The lowest BCUT2D eigenvalue weighted by Gasteiger charge is -2.10. The predicted molar refractivity (Wildman–Crippen MR) is 76.7 cm³/mol. The molecule has 0 aliphatic heterocycles. The number of aromatic nitrogens is 1. The van der Waals surface area contributed by atoms with Gasteiger partial charge in [0.25, 0.3) is 5.56 Å². The van der Waals surface area contributed by atoms with Crippen LogP contribution in [0.3, 0.4) is 0 Å². The number of hydrogen-bond donors (Lipinski definition) is 2. The van der Waals surface area contributed by atoms with Gasteiger partial charge in [-0.1, -0.05) is 19.1 Å². The second kappa shape index (κ2) is 5.61. The monoisotopic (exact) mass is 258 g/mol. The highest BCUT2D eigenvalue weighted by molar-refractivity contribution is 5.49. The first-order valence-electron chi connectivity index (χ1n) is 6.27. The molecule has 0 aliphatic carbocycles. The zero-order valence-corrected chi connectivity index (χ0v) is 11.2. The maximum atomic E-state index is 11.5. The summed E-state index contributed by atoms with van der Waals surface area (Å²) in [4.78, 5) is 14.2. The molecule has 3 N–H and O–H groups in total. The SMILES string of the molecule is CCc1c(Cc2ccc(OC)cc2)c[nH]c(=O)c1N. The first-order valence-corrected chi connectivity index (χ1v) is 6.27. The molecule has 0 radical (unpaired) electrons. The minimum absolute atomic E-state index is 0.213. The number of pyridine rings is 1. The minimum Gasteiger partial charge on any atom is -0.497 e. The number of rotatable bonds is 4. The number of anilines is 1. The van der Waals surface area contributed by atoms with Gasteiger partial charge in [-0.25, -0.2) is 0 Å². The molecule has 0 unspecified atom stereocenters. The topological polar surface area (TPSA) is 68.1 Å². The minimum atomic E-state index is -0.213. The van der Waals surface area contributed by atoms with Gasteiger partial charge in [-0.2, -0.15) is 0 Å². The molecule has 0 bridgehead atoms. The van der Waals surface area contributed by atoms with E-state index in [0.717, 1.165) is 35.3 Å². The Morgan fingerprint density at radius 1 is 1.26 bits per heavy atom. The number of nitrogens with two attached hydrogens (primary N) is 1. The van der Waals surface area contributed by atoms with E-state index in [9.17, 15) is 4.79 Å². The molecule has 1 heterocycles. The van der Waals surface area contributed by atoms with Crippen molar-refractivity contribution in [3.63, 3.8) is 0 Å². The number of benzene rings is 1. The Hall–Kier alpha value is -2.23. The van der Waals surface area contributed by atoms with Crippen molar-refractivity contribution in [3.8, 4) is 5.75 Å². The summed E-state index contributed by atoms with van der Waals surface area (Å²) in [6.07, 6.45) is 3.25. The standard InChI is InChI=1S/C15H18N2O2/c1-3-13-11(9-17-15(18)14(13)16)8-10-4-6-12(19-2)7-5-10/h4-7,9H,3,8,16H2,1-2H3,(H,17,18). The van der Waals surface area contributed by atoms with Crippen molar-refractivity contribution in [2.24, 2.45) is 0 Å². The van der Waals surface area contributed by atoms with Crippen LogP contribution in [-0.4, -0.2) is 12.1 Å². The van der Waals surface area contributed by atoms with E-state index in [1.165, 1.54) is 0 Å². The van der Waals surface area contributed by atoms with Crippen LogP contribution in [0.25, 0.3) is 0 Å². The Labute approximate surface area is 112 Å². The van der Waals surface area contributed by atoms with E-state index in [2.05, 4.69) is 4.98 Å². The Bertz CT molecular complexity index is 615. The zero-order valence-electron chi connectivity index (χ0n) is 11.2. The molecular weight excluding hydrogens is 240 g/mol. The first kappa shape index (κ1) is 13.2. The van der Waals surface area contributed by atoms with Gasteiger partial charge in [0.2, 0.25) is 0 Å². The molecule has 0 saturated heterocycles. The summed E-state index contributed by atoms with van der Waals surface area (Å²) in [5, 5.41) is 0. The number of nitrogens with one attached hydrogen (secondary N) is 1. The maximum absolute atomic E-state index is 11.5. The molecule has 4 nitrogen and oxygen atoms in total. The molecule has 4 heteroatoms. The summed E-state index contributed by atoms with van der Waals surface area (Å²) >= 11 is 0. The van der Waals surface area contributed by atoms with Gasteiger partial charge in [-0.15, -0.1) is 0 Å². The van der Waals surface area contributed by atoms with Gasteiger partial charge in [-0.05, 0) is 41.7 Å². The smallest absolute Gasteiger partial charge is 0.271 e. The third kappa shape index (κ3) is 2.78. The predicted octanol–water partition coefficient (Wildman–Crippen LogP) is 2.12. The number of methoxy groups -OCH3 is 1. The highest BCUT2D eigenvalue weighted by Crippen LogP contribution is 2.19. The second-order valence-electron chi connectivity index (χ2n) is 4.41. The lowest BCUT2D eigenvalue weighted by atomic mass is 9.99. The van der Waals surface area contributed by atoms with Crippen molar-refractivity contribution < 1.29 is 4.74 Å². The van der Waals surface area contributed by atoms with Gasteiger partial charge in [0.1, 0.15) is 11.4 Å². The van der Waals surface area contributed by atoms with Crippen LogP contribution in [0.1, 0.15) is 23.6 Å². The molecule has 0 spiro atoms. The van der Waals surface area contributed by atoms with Crippen molar-refractivity contribution in [2.75, 3.05) is 12.8 Å². The fourth-order valence-corrected chi connectivity index (χ4v) is 2.17. The number of nitrogen functional groups attached to an aromatic ring is 1. The Kier molecular flexibility index (Phi) is 3.90. The Morgan fingerprint density at radius 2 is 1.95 bits per heavy atom. The quantitative estimate of drug-likeness (QED) is 0.882. The average molecular weight is 258 g/mol. The van der Waals surface area contributed by atoms with Gasteiger partial charge in [0.15, 0.2) is 0 Å². The summed E-state index contributed by atoms with van der Waals surface area (Å²) < 4.78 is 5.13. The van der Waals surface area contributed by atoms with Gasteiger partial charge < -0.3 is 15.5 Å². The number of hydrogen-bond acceptors (Lipinski definition) is 3. The van der Waals surface area contributed by atoms with Crippen LogP contribution in [0.5, 0.6) is 5.75 Å². The molecule has 2 aromatic rings. The number of H-pyrrole nitrogens is 1. The van der Waals surface area contributed by atoms with Crippen LogP contribution in [0, 0.1) is 0 Å². The normalized spacial score (nSPS) is 10.4. The van der Waals surface area contributed by atoms with Gasteiger partial charge in [0.05, 0.1) is 7.11 Å². The summed E-state index contributed by atoms with van der Waals surface area (Å²) in [5.74, 6) is 0.834. The average Bonchev–Trinajstić information content (AvgIpc) is 2.44. The fraction of sp³-hybridized carbons (Fsp3) is 0.267. The molecule has 1 aromatic carbocycles. The molecule has 0 saturated carbocycles. The third-order valence-corrected chi connectivity index (χ3v) is 3.24. The fourth-order valence-electron chi connectivity index (χ4n) is 2.17. The van der Waals surface area contributed by atoms with Crippen LogP contribution < -0.4 is 16.0 Å². The van der Waals surface area contributed by atoms with E-state index in [0.29, 0.717) is 5.69 Å². The molecule has 0 atom stereocenters. The van der Waals surface area contributed by atoms with Gasteiger partial charge in [0, 0.05) is 6.20 Å². The Morgan fingerprint density at radius 3 is 2.53 bits per heavy atom. The molecule has 2 rings (SSSR count). The van der Waals surface area contributed by atoms with Crippen molar-refractivity contribution in [2.45, 2.75) is 19.8 Å². The highest BCUT2D eigenvalue weighted by atomic mass is 16.5.